The van der Waals surface area contributed by atoms with Gasteiger partial charge < -0.3 is 5.11 Å². The highest BCUT2D eigenvalue weighted by Gasteiger charge is 2.49. The summed E-state index contributed by atoms with van der Waals surface area (Å²) in [5, 5.41) is 9.61. The number of sulfonamides is 1. The van der Waals surface area contributed by atoms with Crippen molar-refractivity contribution >= 4 is 27.3 Å². The largest absolute Gasteiger partial charge is 0.393 e. The molecule has 128 valence electrons. The van der Waals surface area contributed by atoms with Crippen LogP contribution in [0.2, 0.25) is 0 Å². The lowest BCUT2D eigenvalue weighted by Gasteiger charge is -2.34. The zero-order valence-corrected chi connectivity index (χ0v) is 15.1. The van der Waals surface area contributed by atoms with Crippen LogP contribution in [0, 0.1) is 12.8 Å². The summed E-state index contributed by atoms with van der Waals surface area (Å²) in [6.45, 7) is 2.03. The fourth-order valence-electron chi connectivity index (χ4n) is 3.51. The zero-order valence-electron chi connectivity index (χ0n) is 13.4. The van der Waals surface area contributed by atoms with Gasteiger partial charge in [-0.3, -0.25) is 4.79 Å². The summed E-state index contributed by atoms with van der Waals surface area (Å²) in [6.07, 6.45) is 3.70. The summed E-state index contributed by atoms with van der Waals surface area (Å²) < 4.78 is 25.5. The van der Waals surface area contributed by atoms with Crippen LogP contribution in [0.3, 0.4) is 0 Å². The first-order valence-electron chi connectivity index (χ1n) is 8.05. The van der Waals surface area contributed by atoms with Crippen molar-refractivity contribution in [2.75, 3.05) is 6.26 Å². The summed E-state index contributed by atoms with van der Waals surface area (Å²) in [7, 11) is -3.58. The van der Waals surface area contributed by atoms with Crippen molar-refractivity contribution in [3.8, 4) is 0 Å². The molecule has 1 N–H and O–H groups in total. The van der Waals surface area contributed by atoms with Crippen molar-refractivity contribution in [1.82, 2.24) is 4.31 Å². The molecule has 0 saturated heterocycles. The second-order valence-electron chi connectivity index (χ2n) is 6.76. The minimum atomic E-state index is -3.58. The van der Waals surface area contributed by atoms with E-state index in [1.807, 2.05) is 19.1 Å². The molecule has 2 aliphatic rings. The van der Waals surface area contributed by atoms with Gasteiger partial charge in [0.15, 0.2) is 0 Å². The van der Waals surface area contributed by atoms with Crippen LogP contribution < -0.4 is 0 Å². The maximum Gasteiger partial charge on any atom is 0.240 e. The number of aliphatic hydroxyl groups is 1. The van der Waals surface area contributed by atoms with Crippen molar-refractivity contribution in [2.24, 2.45) is 5.92 Å². The first kappa shape index (κ1) is 16.9. The minimum Gasteiger partial charge on any atom is -0.393 e. The van der Waals surface area contributed by atoms with Crippen LogP contribution in [0.4, 0.5) is 0 Å². The molecule has 1 heterocycles. The molecule has 2 saturated carbocycles. The van der Waals surface area contributed by atoms with E-state index in [1.165, 1.54) is 9.75 Å². The lowest BCUT2D eigenvalue weighted by molar-refractivity contribution is -0.130. The van der Waals surface area contributed by atoms with Gasteiger partial charge in [-0.15, -0.1) is 11.3 Å². The molecule has 0 spiro atoms. The third-order valence-electron chi connectivity index (χ3n) is 4.81. The number of hydrogen-bond donors (Lipinski definition) is 1. The number of amides is 1. The number of carbonyl (C=O) groups excluding carboxylic acids is 1. The van der Waals surface area contributed by atoms with Gasteiger partial charge in [-0.1, -0.05) is 0 Å². The number of hydrogen-bond acceptors (Lipinski definition) is 5. The number of thiophene rings is 1. The molecule has 5 nitrogen and oxygen atoms in total. The van der Waals surface area contributed by atoms with Crippen molar-refractivity contribution in [1.29, 1.82) is 0 Å². The molecule has 2 aliphatic carbocycles. The molecule has 0 bridgehead atoms. The summed E-state index contributed by atoms with van der Waals surface area (Å²) >= 11 is 1.68. The second kappa shape index (κ2) is 6.18. The van der Waals surface area contributed by atoms with E-state index in [1.54, 1.807) is 11.3 Å². The standard InChI is InChI=1S/C16H23NO4S2/c1-10-3-8-15(22-10)13-9-14(13)16(19)17(23(2,20)21)11-4-6-12(18)7-5-11/h3,8,11-14,18H,4-7,9H2,1-2H3. The van der Waals surface area contributed by atoms with Crippen LogP contribution in [0.5, 0.6) is 0 Å². The van der Waals surface area contributed by atoms with Crippen molar-refractivity contribution in [3.63, 3.8) is 0 Å². The monoisotopic (exact) mass is 357 g/mol. The van der Waals surface area contributed by atoms with Gasteiger partial charge in [-0.05, 0) is 51.2 Å². The molecule has 7 heteroatoms. The average Bonchev–Trinajstić information content (AvgIpc) is 3.15. The number of nitrogens with zero attached hydrogens (tertiary/aromatic N) is 1. The molecule has 0 aromatic carbocycles. The van der Waals surface area contributed by atoms with Crippen LogP contribution in [-0.4, -0.2) is 42.1 Å². The van der Waals surface area contributed by atoms with Crippen LogP contribution in [0.25, 0.3) is 0 Å². The van der Waals surface area contributed by atoms with E-state index in [0.29, 0.717) is 25.7 Å². The third-order valence-corrected chi connectivity index (χ3v) is 7.13. The van der Waals surface area contributed by atoms with Crippen molar-refractivity contribution in [2.45, 2.75) is 57.1 Å². The lowest BCUT2D eigenvalue weighted by Crippen LogP contribution is -2.47. The minimum absolute atomic E-state index is 0.166. The molecule has 2 atom stereocenters. The van der Waals surface area contributed by atoms with Gasteiger partial charge >= 0.3 is 0 Å². The third kappa shape index (κ3) is 3.61. The lowest BCUT2D eigenvalue weighted by atomic mass is 9.93. The molecule has 3 rings (SSSR count). The van der Waals surface area contributed by atoms with E-state index in [-0.39, 0.29) is 29.9 Å². The fourth-order valence-corrected chi connectivity index (χ4v) is 5.78. The Morgan fingerprint density at radius 1 is 1.26 bits per heavy atom. The van der Waals surface area contributed by atoms with Crippen LogP contribution >= 0.6 is 11.3 Å². The summed E-state index contributed by atoms with van der Waals surface area (Å²) in [5.41, 5.74) is 0. The van der Waals surface area contributed by atoms with E-state index < -0.39 is 10.0 Å². The molecule has 1 aromatic heterocycles. The molecule has 23 heavy (non-hydrogen) atoms. The van der Waals surface area contributed by atoms with Gasteiger partial charge in [0.2, 0.25) is 15.9 Å². The first-order chi connectivity index (χ1) is 10.8. The van der Waals surface area contributed by atoms with Crippen molar-refractivity contribution in [3.05, 3.63) is 21.9 Å². The SMILES string of the molecule is Cc1ccc(C2CC2C(=O)N(C2CCC(O)CC2)S(C)(=O)=O)s1. The predicted molar refractivity (Wildman–Crippen MR) is 89.9 cm³/mol. The molecular weight excluding hydrogens is 334 g/mol. The Balaban J connectivity index is 1.75. The molecular formula is C16H23NO4S2. The molecule has 1 amide bonds. The number of aliphatic hydroxyl groups excluding tert-OH is 1. The van der Waals surface area contributed by atoms with E-state index in [9.17, 15) is 18.3 Å². The Kier molecular flexibility index (Phi) is 4.55. The van der Waals surface area contributed by atoms with Crippen LogP contribution in [-0.2, 0) is 14.8 Å². The number of carbonyl (C=O) groups is 1. The Bertz CT molecular complexity index is 689. The Labute approximate surface area is 141 Å². The molecule has 0 radical (unpaired) electrons. The van der Waals surface area contributed by atoms with Gasteiger partial charge in [0, 0.05) is 27.6 Å². The topological polar surface area (TPSA) is 74.7 Å². The molecule has 2 unspecified atom stereocenters. The second-order valence-corrected chi connectivity index (χ2v) is 9.94. The average molecular weight is 357 g/mol. The van der Waals surface area contributed by atoms with Gasteiger partial charge in [0.1, 0.15) is 0 Å². The quantitative estimate of drug-likeness (QED) is 0.897. The van der Waals surface area contributed by atoms with Gasteiger partial charge in [0.25, 0.3) is 0 Å². The van der Waals surface area contributed by atoms with E-state index in [0.717, 1.165) is 17.0 Å². The Morgan fingerprint density at radius 2 is 1.91 bits per heavy atom. The van der Waals surface area contributed by atoms with Gasteiger partial charge in [0.05, 0.1) is 12.4 Å². The molecule has 1 aromatic rings. The molecule has 2 fully saturated rings. The van der Waals surface area contributed by atoms with E-state index in [4.69, 9.17) is 0 Å². The maximum atomic E-state index is 12.8. The van der Waals surface area contributed by atoms with E-state index in [2.05, 4.69) is 0 Å². The summed E-state index contributed by atoms with van der Waals surface area (Å²) in [6, 6.07) is 3.78. The highest BCUT2D eigenvalue weighted by atomic mass is 32.2. The number of rotatable bonds is 4. The van der Waals surface area contributed by atoms with E-state index >= 15 is 0 Å². The maximum absolute atomic E-state index is 12.8. The Morgan fingerprint density at radius 3 is 2.43 bits per heavy atom. The summed E-state index contributed by atoms with van der Waals surface area (Å²) in [4.78, 5) is 15.2. The van der Waals surface area contributed by atoms with Gasteiger partial charge in [-0.2, -0.15) is 0 Å². The first-order valence-corrected chi connectivity index (χ1v) is 10.7. The fraction of sp³-hybridized carbons (Fsp3) is 0.688. The Hall–Kier alpha value is -0.920. The zero-order chi connectivity index (χ0) is 16.8. The highest BCUT2D eigenvalue weighted by molar-refractivity contribution is 7.88. The highest BCUT2D eigenvalue weighted by Crippen LogP contribution is 2.51. The smallest absolute Gasteiger partial charge is 0.240 e. The summed E-state index contributed by atoms with van der Waals surface area (Å²) in [5.74, 6) is -0.306. The number of aryl methyl sites for hydroxylation is 1. The predicted octanol–water partition coefficient (Wildman–Crippen LogP) is 2.25. The van der Waals surface area contributed by atoms with Crippen LogP contribution in [0.1, 0.15) is 47.8 Å². The van der Waals surface area contributed by atoms with Gasteiger partial charge in [-0.25, -0.2) is 12.7 Å². The van der Waals surface area contributed by atoms with Crippen LogP contribution in [0.15, 0.2) is 12.1 Å². The molecule has 0 aliphatic heterocycles. The normalized spacial score (nSPS) is 30.9. The van der Waals surface area contributed by atoms with Crippen molar-refractivity contribution < 1.29 is 18.3 Å².